The van der Waals surface area contributed by atoms with Crippen LogP contribution >= 0.6 is 0 Å². The topological polar surface area (TPSA) is 15.6 Å². The van der Waals surface area contributed by atoms with Gasteiger partial charge in [-0.25, -0.2) is 0 Å². The Labute approximate surface area is 71.5 Å². The Kier molecular flexibility index (Phi) is 5.74. The Morgan fingerprint density at radius 3 is 2.50 bits per heavy atom. The molecule has 0 bridgehead atoms. The Hall–Kier alpha value is -0.0105. The number of aliphatic imine (C=N–C) groups is 1. The van der Waals surface area contributed by atoms with Gasteiger partial charge >= 0.3 is 71.0 Å². The molecule has 3 heteroatoms. The molecule has 0 rings (SSSR count). The third-order valence-corrected chi connectivity index (χ3v) is 2.18. The molecule has 0 fully saturated rings. The van der Waals surface area contributed by atoms with Crippen LogP contribution in [0.5, 0.6) is 0 Å². The molecule has 0 saturated heterocycles. The number of unbranched alkanes of at least 4 members (excludes halogenated alkanes) is 1. The summed E-state index contributed by atoms with van der Waals surface area (Å²) in [5, 5.41) is 0. The van der Waals surface area contributed by atoms with Crippen molar-refractivity contribution in [3.63, 3.8) is 0 Å². The fourth-order valence-electron chi connectivity index (χ4n) is 0.474. The summed E-state index contributed by atoms with van der Waals surface area (Å²) in [5.41, 5.74) is 0. The molecule has 0 aromatic rings. The Balaban J connectivity index is 3.48. The van der Waals surface area contributed by atoms with Gasteiger partial charge in [0.1, 0.15) is 0 Å². The summed E-state index contributed by atoms with van der Waals surface area (Å²) in [6, 6.07) is 0. The van der Waals surface area contributed by atoms with E-state index in [0.717, 1.165) is 11.3 Å². The average Bonchev–Trinajstić information content (AvgIpc) is 1.88. The summed E-state index contributed by atoms with van der Waals surface area (Å²) in [7, 11) is 3.97. The normalized spacial score (nSPS) is 11.7. The van der Waals surface area contributed by atoms with E-state index in [4.69, 9.17) is 0 Å². The third-order valence-electron chi connectivity index (χ3n) is 1.14. The Morgan fingerprint density at radius 2 is 2.10 bits per heavy atom. The van der Waals surface area contributed by atoms with Crippen molar-refractivity contribution < 1.29 is 0 Å². The zero-order chi connectivity index (χ0) is 7.98. The molecule has 10 heavy (non-hydrogen) atoms. The van der Waals surface area contributed by atoms with E-state index in [-0.39, 0.29) is 0 Å². The first kappa shape index (κ1) is 9.99. The summed E-state index contributed by atoms with van der Waals surface area (Å²) >= 11 is 2.91. The SMILES string of the molecule is CCCCN=C([Se])N(C)C. The molecule has 0 aliphatic carbocycles. The van der Waals surface area contributed by atoms with Crippen molar-refractivity contribution in [3.05, 3.63) is 0 Å². The van der Waals surface area contributed by atoms with Crippen LogP contribution in [0.4, 0.5) is 0 Å². The molecular weight excluding hydrogens is 191 g/mol. The predicted octanol–water partition coefficient (Wildman–Crippen LogP) is 0.873. The third kappa shape index (κ3) is 4.83. The van der Waals surface area contributed by atoms with Gasteiger partial charge in [0.15, 0.2) is 0 Å². The van der Waals surface area contributed by atoms with Crippen molar-refractivity contribution >= 4 is 20.7 Å². The first-order valence-corrected chi connectivity index (χ1v) is 4.43. The Morgan fingerprint density at radius 1 is 1.50 bits per heavy atom. The van der Waals surface area contributed by atoms with E-state index in [0.29, 0.717) is 0 Å². The van der Waals surface area contributed by atoms with Crippen molar-refractivity contribution in [1.29, 1.82) is 0 Å². The van der Waals surface area contributed by atoms with Gasteiger partial charge < -0.3 is 0 Å². The molecule has 0 aromatic heterocycles. The van der Waals surface area contributed by atoms with Crippen LogP contribution in [0.3, 0.4) is 0 Å². The van der Waals surface area contributed by atoms with E-state index in [1.807, 2.05) is 19.0 Å². The molecule has 0 aliphatic heterocycles. The fourth-order valence-corrected chi connectivity index (χ4v) is 0.666. The molecule has 0 atom stereocenters. The van der Waals surface area contributed by atoms with Gasteiger partial charge in [0.05, 0.1) is 0 Å². The van der Waals surface area contributed by atoms with E-state index >= 15 is 0 Å². The van der Waals surface area contributed by atoms with Crippen molar-refractivity contribution in [3.8, 4) is 0 Å². The van der Waals surface area contributed by atoms with E-state index in [2.05, 4.69) is 27.9 Å². The monoisotopic (exact) mass is 207 g/mol. The second kappa shape index (κ2) is 5.75. The van der Waals surface area contributed by atoms with Gasteiger partial charge in [0.25, 0.3) is 0 Å². The van der Waals surface area contributed by atoms with Gasteiger partial charge in [-0.05, 0) is 0 Å². The van der Waals surface area contributed by atoms with E-state index < -0.39 is 0 Å². The zero-order valence-electron chi connectivity index (χ0n) is 6.92. The number of hydrogen-bond acceptors (Lipinski definition) is 1. The van der Waals surface area contributed by atoms with Gasteiger partial charge in [-0.2, -0.15) is 0 Å². The summed E-state index contributed by atoms with van der Waals surface area (Å²) in [6.45, 7) is 3.11. The van der Waals surface area contributed by atoms with Crippen LogP contribution in [0.15, 0.2) is 4.99 Å². The van der Waals surface area contributed by atoms with Crippen LogP contribution in [0.25, 0.3) is 0 Å². The minimum atomic E-state index is 0.941. The van der Waals surface area contributed by atoms with Crippen LogP contribution in [-0.2, 0) is 0 Å². The molecule has 0 aromatic carbocycles. The van der Waals surface area contributed by atoms with Crippen LogP contribution in [0.2, 0.25) is 0 Å². The maximum atomic E-state index is 4.30. The van der Waals surface area contributed by atoms with Crippen molar-refractivity contribution in [2.45, 2.75) is 19.8 Å². The standard InChI is InChI=1S/C7H15N2Se/c1-4-5-6-8-7(10)9(2)3/h4-6H2,1-3H3. The number of nitrogens with zero attached hydrogens (tertiary/aromatic N) is 2. The van der Waals surface area contributed by atoms with E-state index in [1.54, 1.807) is 0 Å². The number of hydrogen-bond donors (Lipinski definition) is 0. The van der Waals surface area contributed by atoms with Gasteiger partial charge in [0.2, 0.25) is 0 Å². The van der Waals surface area contributed by atoms with Crippen molar-refractivity contribution in [2.75, 3.05) is 20.6 Å². The molecule has 59 valence electrons. The number of amidine groups is 1. The summed E-state index contributed by atoms with van der Waals surface area (Å²) in [5.74, 6) is 0. The quantitative estimate of drug-likeness (QED) is 0.289. The number of rotatable bonds is 3. The summed E-state index contributed by atoms with van der Waals surface area (Å²) in [6.07, 6.45) is 2.39. The zero-order valence-corrected chi connectivity index (χ0v) is 8.64. The van der Waals surface area contributed by atoms with Crippen molar-refractivity contribution in [1.82, 2.24) is 4.90 Å². The molecule has 0 unspecified atom stereocenters. The molecule has 1 radical (unpaired) electrons. The first-order valence-electron chi connectivity index (χ1n) is 3.57. The predicted molar refractivity (Wildman–Crippen MR) is 46.7 cm³/mol. The maximum absolute atomic E-state index is 4.30. The second-order valence-electron chi connectivity index (χ2n) is 2.41. The molecule has 0 spiro atoms. The summed E-state index contributed by atoms with van der Waals surface area (Å²) < 4.78 is 0.994. The molecule has 2 nitrogen and oxygen atoms in total. The minimum absolute atomic E-state index is 0.941. The molecule has 0 heterocycles. The molecule has 0 amide bonds. The van der Waals surface area contributed by atoms with Gasteiger partial charge in [0, 0.05) is 0 Å². The molecule has 0 N–H and O–H groups in total. The van der Waals surface area contributed by atoms with Crippen LogP contribution in [0.1, 0.15) is 19.8 Å². The molecular formula is C7H15N2Se. The van der Waals surface area contributed by atoms with Gasteiger partial charge in [-0.3, -0.25) is 0 Å². The Bertz CT molecular complexity index is 110. The summed E-state index contributed by atoms with van der Waals surface area (Å²) in [4.78, 5) is 6.28. The van der Waals surface area contributed by atoms with Gasteiger partial charge in [-0.15, -0.1) is 0 Å². The average molecular weight is 206 g/mol. The molecule has 0 saturated carbocycles. The van der Waals surface area contributed by atoms with Crippen LogP contribution in [-0.4, -0.2) is 46.3 Å². The van der Waals surface area contributed by atoms with E-state index in [1.165, 1.54) is 12.8 Å². The first-order chi connectivity index (χ1) is 4.68. The van der Waals surface area contributed by atoms with Crippen LogP contribution < -0.4 is 0 Å². The molecule has 0 aliphatic rings. The fraction of sp³-hybridized carbons (Fsp3) is 0.857. The van der Waals surface area contributed by atoms with Crippen molar-refractivity contribution in [2.24, 2.45) is 4.99 Å². The van der Waals surface area contributed by atoms with E-state index in [9.17, 15) is 0 Å². The second-order valence-corrected chi connectivity index (χ2v) is 3.18. The van der Waals surface area contributed by atoms with Gasteiger partial charge in [-0.1, -0.05) is 0 Å². The van der Waals surface area contributed by atoms with Crippen LogP contribution in [0, 0.1) is 0 Å².